The molecule has 108 valence electrons. The zero-order valence-electron chi connectivity index (χ0n) is 12.3. The Labute approximate surface area is 124 Å². The van der Waals surface area contributed by atoms with Gasteiger partial charge in [0.1, 0.15) is 0 Å². The number of imidazole rings is 1. The van der Waals surface area contributed by atoms with Crippen molar-refractivity contribution in [3.8, 4) is 6.07 Å². The van der Waals surface area contributed by atoms with Crippen LogP contribution in [0.4, 0.5) is 0 Å². The second-order valence-corrected chi connectivity index (χ2v) is 5.01. The summed E-state index contributed by atoms with van der Waals surface area (Å²) in [6.07, 6.45) is 4.39. The average molecular weight is 282 g/mol. The van der Waals surface area contributed by atoms with E-state index < -0.39 is 0 Å². The monoisotopic (exact) mass is 282 g/mol. The number of aromatic nitrogens is 2. The zero-order chi connectivity index (χ0) is 15.2. The summed E-state index contributed by atoms with van der Waals surface area (Å²) in [7, 11) is 1.80. The second-order valence-electron chi connectivity index (χ2n) is 5.01. The lowest BCUT2D eigenvalue weighted by Crippen LogP contribution is -2.26. The number of amides is 1. The first-order chi connectivity index (χ1) is 10.1. The molecule has 0 N–H and O–H groups in total. The minimum atomic E-state index is 0.0631. The van der Waals surface area contributed by atoms with E-state index in [-0.39, 0.29) is 5.91 Å². The fourth-order valence-electron chi connectivity index (χ4n) is 2.02. The summed E-state index contributed by atoms with van der Waals surface area (Å²) >= 11 is 0. The number of carbonyl (C=O) groups excluding carboxylic acids is 1. The largest absolute Gasteiger partial charge is 0.346 e. The molecule has 0 saturated carbocycles. The lowest BCUT2D eigenvalue weighted by Gasteiger charge is -2.15. The Morgan fingerprint density at radius 2 is 2.10 bits per heavy atom. The molecule has 0 saturated heterocycles. The second kappa shape index (κ2) is 6.71. The lowest BCUT2D eigenvalue weighted by atomic mass is 10.1. The number of rotatable bonds is 5. The van der Waals surface area contributed by atoms with Gasteiger partial charge in [0.05, 0.1) is 18.0 Å². The van der Waals surface area contributed by atoms with Crippen molar-refractivity contribution in [2.24, 2.45) is 0 Å². The SMILES string of the molecule is CC(=O)N(C)CCc1cncn1Cc1ccc(C#N)cc1. The maximum Gasteiger partial charge on any atom is 0.219 e. The molecule has 5 nitrogen and oxygen atoms in total. The van der Waals surface area contributed by atoms with E-state index in [1.165, 1.54) is 0 Å². The molecule has 1 amide bonds. The summed E-state index contributed by atoms with van der Waals surface area (Å²) in [4.78, 5) is 17.1. The molecular weight excluding hydrogens is 264 g/mol. The molecule has 1 aromatic carbocycles. The molecule has 2 aromatic rings. The highest BCUT2D eigenvalue weighted by molar-refractivity contribution is 5.72. The summed E-state index contributed by atoms with van der Waals surface area (Å²) in [6.45, 7) is 2.95. The molecule has 0 aliphatic rings. The Balaban J connectivity index is 2.02. The predicted molar refractivity (Wildman–Crippen MR) is 79.5 cm³/mol. The molecule has 0 bridgehead atoms. The third-order valence-corrected chi connectivity index (χ3v) is 3.48. The van der Waals surface area contributed by atoms with Crippen LogP contribution in [-0.2, 0) is 17.8 Å². The number of nitrogens with zero attached hydrogens (tertiary/aromatic N) is 4. The van der Waals surface area contributed by atoms with Crippen molar-refractivity contribution >= 4 is 5.91 Å². The molecule has 0 fully saturated rings. The first-order valence-corrected chi connectivity index (χ1v) is 6.80. The standard InChI is InChI=1S/C16H18N4O/c1-13(21)19(2)8-7-16-10-18-12-20(16)11-15-5-3-14(9-17)4-6-15/h3-6,10,12H,7-8,11H2,1-2H3. The van der Waals surface area contributed by atoms with Crippen molar-refractivity contribution in [3.05, 3.63) is 53.6 Å². The van der Waals surface area contributed by atoms with Gasteiger partial charge in [0.2, 0.25) is 5.91 Å². The first kappa shape index (κ1) is 14.8. The van der Waals surface area contributed by atoms with Gasteiger partial charge in [-0.3, -0.25) is 4.79 Å². The van der Waals surface area contributed by atoms with Crippen LogP contribution in [0, 0.1) is 11.3 Å². The van der Waals surface area contributed by atoms with E-state index >= 15 is 0 Å². The van der Waals surface area contributed by atoms with Gasteiger partial charge >= 0.3 is 0 Å². The number of nitriles is 1. The molecule has 2 rings (SSSR count). The number of carbonyl (C=O) groups is 1. The quantitative estimate of drug-likeness (QED) is 0.840. The molecule has 0 aliphatic heterocycles. The Morgan fingerprint density at radius 3 is 2.71 bits per heavy atom. The highest BCUT2D eigenvalue weighted by Gasteiger charge is 2.07. The Kier molecular flexibility index (Phi) is 4.72. The van der Waals surface area contributed by atoms with Crippen molar-refractivity contribution in [2.75, 3.05) is 13.6 Å². The van der Waals surface area contributed by atoms with Crippen LogP contribution in [-0.4, -0.2) is 34.0 Å². The third kappa shape index (κ3) is 3.93. The number of hydrogen-bond donors (Lipinski definition) is 0. The minimum Gasteiger partial charge on any atom is -0.346 e. The van der Waals surface area contributed by atoms with Gasteiger partial charge in [-0.1, -0.05) is 12.1 Å². The van der Waals surface area contributed by atoms with Gasteiger partial charge < -0.3 is 9.47 Å². The average Bonchev–Trinajstić information content (AvgIpc) is 2.92. The zero-order valence-corrected chi connectivity index (χ0v) is 12.3. The van der Waals surface area contributed by atoms with Crippen molar-refractivity contribution in [1.29, 1.82) is 5.26 Å². The van der Waals surface area contributed by atoms with Gasteiger partial charge in [0, 0.05) is 45.4 Å². The molecule has 0 atom stereocenters. The van der Waals surface area contributed by atoms with E-state index in [4.69, 9.17) is 5.26 Å². The van der Waals surface area contributed by atoms with E-state index in [9.17, 15) is 4.79 Å². The molecule has 0 radical (unpaired) electrons. The maximum atomic E-state index is 11.2. The van der Waals surface area contributed by atoms with Crippen LogP contribution in [0.5, 0.6) is 0 Å². The van der Waals surface area contributed by atoms with E-state index in [0.29, 0.717) is 18.7 Å². The molecule has 21 heavy (non-hydrogen) atoms. The summed E-state index contributed by atoms with van der Waals surface area (Å²) in [5.74, 6) is 0.0631. The van der Waals surface area contributed by atoms with Gasteiger partial charge in [-0.25, -0.2) is 4.98 Å². The maximum absolute atomic E-state index is 11.2. The smallest absolute Gasteiger partial charge is 0.219 e. The number of hydrogen-bond acceptors (Lipinski definition) is 3. The van der Waals surface area contributed by atoms with E-state index in [0.717, 1.165) is 17.7 Å². The molecule has 0 aliphatic carbocycles. The Bertz CT molecular complexity index is 652. The summed E-state index contributed by atoms with van der Waals surface area (Å²) < 4.78 is 2.06. The highest BCUT2D eigenvalue weighted by Crippen LogP contribution is 2.09. The van der Waals surface area contributed by atoms with Gasteiger partial charge in [-0.2, -0.15) is 5.26 Å². The van der Waals surface area contributed by atoms with Gasteiger partial charge in [-0.15, -0.1) is 0 Å². The topological polar surface area (TPSA) is 61.9 Å². The fraction of sp³-hybridized carbons (Fsp3) is 0.312. The number of likely N-dealkylation sites (N-methyl/N-ethyl adjacent to an activating group) is 1. The fourth-order valence-corrected chi connectivity index (χ4v) is 2.02. The van der Waals surface area contributed by atoms with Crippen LogP contribution < -0.4 is 0 Å². The van der Waals surface area contributed by atoms with Crippen LogP contribution in [0.1, 0.15) is 23.7 Å². The van der Waals surface area contributed by atoms with Crippen LogP contribution in [0.3, 0.4) is 0 Å². The lowest BCUT2D eigenvalue weighted by molar-refractivity contribution is -0.127. The first-order valence-electron chi connectivity index (χ1n) is 6.80. The molecule has 0 spiro atoms. The summed E-state index contributed by atoms with van der Waals surface area (Å²) in [5.41, 5.74) is 2.87. The van der Waals surface area contributed by atoms with Crippen LogP contribution >= 0.6 is 0 Å². The van der Waals surface area contributed by atoms with Crippen molar-refractivity contribution in [3.63, 3.8) is 0 Å². The van der Waals surface area contributed by atoms with E-state index in [1.807, 2.05) is 30.5 Å². The Morgan fingerprint density at radius 1 is 1.38 bits per heavy atom. The van der Waals surface area contributed by atoms with Gasteiger partial charge in [0.25, 0.3) is 0 Å². The highest BCUT2D eigenvalue weighted by atomic mass is 16.2. The van der Waals surface area contributed by atoms with E-state index in [1.54, 1.807) is 25.2 Å². The van der Waals surface area contributed by atoms with Crippen molar-refractivity contribution in [1.82, 2.24) is 14.5 Å². The molecule has 1 heterocycles. The Hall–Kier alpha value is -2.61. The van der Waals surface area contributed by atoms with Crippen molar-refractivity contribution in [2.45, 2.75) is 19.9 Å². The van der Waals surface area contributed by atoms with E-state index in [2.05, 4.69) is 15.6 Å². The normalized spacial score (nSPS) is 10.1. The molecule has 1 aromatic heterocycles. The third-order valence-electron chi connectivity index (χ3n) is 3.48. The molecule has 5 heteroatoms. The summed E-state index contributed by atoms with van der Waals surface area (Å²) in [6, 6.07) is 9.64. The molecule has 0 unspecified atom stereocenters. The number of benzene rings is 1. The predicted octanol–water partition coefficient (Wildman–Crippen LogP) is 1.82. The van der Waals surface area contributed by atoms with Gasteiger partial charge in [-0.05, 0) is 17.7 Å². The summed E-state index contributed by atoms with van der Waals surface area (Å²) in [5, 5.41) is 8.80. The van der Waals surface area contributed by atoms with Crippen LogP contribution in [0.2, 0.25) is 0 Å². The minimum absolute atomic E-state index is 0.0631. The van der Waals surface area contributed by atoms with Gasteiger partial charge in [0.15, 0.2) is 0 Å². The van der Waals surface area contributed by atoms with Crippen LogP contribution in [0.25, 0.3) is 0 Å². The molecular formula is C16H18N4O. The van der Waals surface area contributed by atoms with Crippen LogP contribution in [0.15, 0.2) is 36.8 Å². The van der Waals surface area contributed by atoms with Crippen molar-refractivity contribution < 1.29 is 4.79 Å².